The van der Waals surface area contributed by atoms with Crippen LogP contribution in [0.3, 0.4) is 0 Å². The van der Waals surface area contributed by atoms with Crippen molar-refractivity contribution in [1.82, 2.24) is 4.72 Å². The summed E-state index contributed by atoms with van der Waals surface area (Å²) in [6, 6.07) is 6.33. The molecule has 0 fully saturated rings. The fraction of sp³-hybridized carbons (Fsp3) is 0.571. The van der Waals surface area contributed by atoms with Crippen LogP contribution in [0.5, 0.6) is 0 Å². The lowest BCUT2D eigenvalue weighted by atomic mass is 10.1. The summed E-state index contributed by atoms with van der Waals surface area (Å²) in [4.78, 5) is 0.249. The van der Waals surface area contributed by atoms with E-state index < -0.39 is 10.0 Å². The summed E-state index contributed by atoms with van der Waals surface area (Å²) in [6.07, 6.45) is 1.63. The predicted molar refractivity (Wildman–Crippen MR) is 79.9 cm³/mol. The van der Waals surface area contributed by atoms with Crippen LogP contribution in [0.4, 0.5) is 0 Å². The second-order valence-electron chi connectivity index (χ2n) is 4.92. The van der Waals surface area contributed by atoms with Crippen molar-refractivity contribution in [3.63, 3.8) is 0 Å². The van der Waals surface area contributed by atoms with Gasteiger partial charge < -0.3 is 10.5 Å². The van der Waals surface area contributed by atoms with Crippen LogP contribution in [-0.4, -0.2) is 28.2 Å². The molecule has 0 heterocycles. The van der Waals surface area contributed by atoms with E-state index in [1.807, 2.05) is 13.8 Å². The van der Waals surface area contributed by atoms with E-state index in [1.54, 1.807) is 31.4 Å². The number of nitrogens with two attached hydrogens (primary N) is 1. The zero-order valence-electron chi connectivity index (χ0n) is 12.3. The standard InChI is InChI=1S/C14H24N2O3S/c1-4-5-13(10-19-3)16-20(17,18)14-8-6-12(7-9-14)11(2)15/h6-9,11,13,16H,4-5,10,15H2,1-3H3. The molecular weight excluding hydrogens is 276 g/mol. The fourth-order valence-corrected chi connectivity index (χ4v) is 3.22. The first kappa shape index (κ1) is 17.1. The third kappa shape index (κ3) is 4.86. The minimum Gasteiger partial charge on any atom is -0.383 e. The first-order chi connectivity index (χ1) is 9.40. The Hall–Kier alpha value is -0.950. The molecule has 0 saturated heterocycles. The third-order valence-electron chi connectivity index (χ3n) is 3.04. The second kappa shape index (κ2) is 7.73. The van der Waals surface area contributed by atoms with E-state index in [1.165, 1.54) is 0 Å². The van der Waals surface area contributed by atoms with Crippen LogP contribution in [0, 0.1) is 0 Å². The van der Waals surface area contributed by atoms with Gasteiger partial charge in [-0.15, -0.1) is 0 Å². The number of nitrogens with one attached hydrogen (secondary N) is 1. The number of ether oxygens (including phenoxy) is 1. The van der Waals surface area contributed by atoms with Gasteiger partial charge in [0.05, 0.1) is 11.5 Å². The fourth-order valence-electron chi connectivity index (χ4n) is 1.96. The molecule has 0 aliphatic rings. The molecule has 0 bridgehead atoms. The molecule has 6 heteroatoms. The maximum atomic E-state index is 12.3. The highest BCUT2D eigenvalue weighted by Crippen LogP contribution is 2.15. The van der Waals surface area contributed by atoms with Gasteiger partial charge in [-0.25, -0.2) is 13.1 Å². The summed E-state index contributed by atoms with van der Waals surface area (Å²) in [5.74, 6) is 0. The molecule has 0 aliphatic carbocycles. The van der Waals surface area contributed by atoms with E-state index in [0.717, 1.165) is 18.4 Å². The third-order valence-corrected chi connectivity index (χ3v) is 4.58. The molecule has 0 radical (unpaired) electrons. The number of sulfonamides is 1. The highest BCUT2D eigenvalue weighted by Gasteiger charge is 2.19. The molecule has 20 heavy (non-hydrogen) atoms. The lowest BCUT2D eigenvalue weighted by Gasteiger charge is -2.17. The zero-order chi connectivity index (χ0) is 15.2. The van der Waals surface area contributed by atoms with Crippen LogP contribution in [0.15, 0.2) is 29.2 Å². The Morgan fingerprint density at radius 2 is 1.90 bits per heavy atom. The molecule has 114 valence electrons. The van der Waals surface area contributed by atoms with Crippen molar-refractivity contribution in [3.05, 3.63) is 29.8 Å². The van der Waals surface area contributed by atoms with E-state index in [0.29, 0.717) is 6.61 Å². The maximum Gasteiger partial charge on any atom is 0.240 e. The molecule has 0 aromatic heterocycles. The number of hydrogen-bond donors (Lipinski definition) is 2. The highest BCUT2D eigenvalue weighted by molar-refractivity contribution is 7.89. The molecule has 0 spiro atoms. The van der Waals surface area contributed by atoms with Gasteiger partial charge in [0.25, 0.3) is 0 Å². The molecule has 0 aliphatic heterocycles. The highest BCUT2D eigenvalue weighted by atomic mass is 32.2. The summed E-state index contributed by atoms with van der Waals surface area (Å²) < 4.78 is 32.3. The van der Waals surface area contributed by atoms with Crippen molar-refractivity contribution in [3.8, 4) is 0 Å². The van der Waals surface area contributed by atoms with Crippen LogP contribution < -0.4 is 10.5 Å². The number of benzene rings is 1. The quantitative estimate of drug-likeness (QED) is 0.767. The van der Waals surface area contributed by atoms with E-state index in [9.17, 15) is 8.42 Å². The van der Waals surface area contributed by atoms with Crippen LogP contribution in [0.25, 0.3) is 0 Å². The lowest BCUT2D eigenvalue weighted by Crippen LogP contribution is -2.37. The van der Waals surface area contributed by atoms with Gasteiger partial charge in [-0.3, -0.25) is 0 Å². The average molecular weight is 300 g/mol. The average Bonchev–Trinajstić information content (AvgIpc) is 2.39. The smallest absolute Gasteiger partial charge is 0.240 e. The van der Waals surface area contributed by atoms with Gasteiger partial charge in [0, 0.05) is 19.2 Å². The SMILES string of the molecule is CCCC(COC)NS(=O)(=O)c1ccc(C(C)N)cc1. The normalized spacial score (nSPS) is 15.0. The lowest BCUT2D eigenvalue weighted by molar-refractivity contribution is 0.171. The van der Waals surface area contributed by atoms with Crippen molar-refractivity contribution in [2.45, 2.75) is 43.7 Å². The van der Waals surface area contributed by atoms with Crippen LogP contribution in [-0.2, 0) is 14.8 Å². The number of rotatable bonds is 8. The Morgan fingerprint density at radius 1 is 1.30 bits per heavy atom. The summed E-state index contributed by atoms with van der Waals surface area (Å²) >= 11 is 0. The van der Waals surface area contributed by atoms with Crippen LogP contribution in [0.1, 0.15) is 38.3 Å². The second-order valence-corrected chi connectivity index (χ2v) is 6.63. The molecule has 5 nitrogen and oxygen atoms in total. The summed E-state index contributed by atoms with van der Waals surface area (Å²) in [5.41, 5.74) is 6.66. The van der Waals surface area contributed by atoms with Gasteiger partial charge in [0.1, 0.15) is 0 Å². The summed E-state index contributed by atoms with van der Waals surface area (Å²) in [7, 11) is -1.95. The molecule has 1 aromatic carbocycles. The van der Waals surface area contributed by atoms with Gasteiger partial charge >= 0.3 is 0 Å². The van der Waals surface area contributed by atoms with Crippen LogP contribution in [0.2, 0.25) is 0 Å². The summed E-state index contributed by atoms with van der Waals surface area (Å²) in [6.45, 7) is 4.23. The van der Waals surface area contributed by atoms with Crippen molar-refractivity contribution in [2.24, 2.45) is 5.73 Å². The number of methoxy groups -OCH3 is 1. The molecule has 0 saturated carbocycles. The van der Waals surface area contributed by atoms with E-state index in [4.69, 9.17) is 10.5 Å². The van der Waals surface area contributed by atoms with E-state index in [-0.39, 0.29) is 17.0 Å². The van der Waals surface area contributed by atoms with E-state index >= 15 is 0 Å². The van der Waals surface area contributed by atoms with Crippen molar-refractivity contribution >= 4 is 10.0 Å². The molecule has 2 unspecified atom stereocenters. The van der Waals surface area contributed by atoms with Crippen LogP contribution >= 0.6 is 0 Å². The molecule has 1 rings (SSSR count). The maximum absolute atomic E-state index is 12.3. The van der Waals surface area contributed by atoms with E-state index in [2.05, 4.69) is 4.72 Å². The van der Waals surface area contributed by atoms with Gasteiger partial charge in [-0.2, -0.15) is 0 Å². The molecule has 1 aromatic rings. The first-order valence-corrected chi connectivity index (χ1v) is 8.25. The first-order valence-electron chi connectivity index (χ1n) is 6.77. The minimum absolute atomic E-state index is 0.110. The minimum atomic E-state index is -3.52. The van der Waals surface area contributed by atoms with Gasteiger partial charge in [0.15, 0.2) is 0 Å². The Labute approximate surface area is 121 Å². The Kier molecular flexibility index (Phi) is 6.61. The Bertz CT molecular complexity index is 492. The molecule has 0 amide bonds. The summed E-state index contributed by atoms with van der Waals surface area (Å²) in [5, 5.41) is 0. The van der Waals surface area contributed by atoms with Crippen molar-refractivity contribution in [1.29, 1.82) is 0 Å². The predicted octanol–water partition coefficient (Wildman–Crippen LogP) is 1.80. The van der Waals surface area contributed by atoms with Gasteiger partial charge in [0.2, 0.25) is 10.0 Å². The van der Waals surface area contributed by atoms with Gasteiger partial charge in [-0.1, -0.05) is 25.5 Å². The number of hydrogen-bond acceptors (Lipinski definition) is 4. The Balaban J connectivity index is 2.86. The molecule has 3 N–H and O–H groups in total. The molecular formula is C14H24N2O3S. The topological polar surface area (TPSA) is 81.4 Å². The monoisotopic (exact) mass is 300 g/mol. The molecule has 2 atom stereocenters. The van der Waals surface area contributed by atoms with Gasteiger partial charge in [-0.05, 0) is 31.0 Å². The van der Waals surface area contributed by atoms with Crippen molar-refractivity contribution in [2.75, 3.05) is 13.7 Å². The Morgan fingerprint density at radius 3 is 2.35 bits per heavy atom. The van der Waals surface area contributed by atoms with Crippen molar-refractivity contribution < 1.29 is 13.2 Å². The largest absolute Gasteiger partial charge is 0.383 e. The zero-order valence-corrected chi connectivity index (χ0v) is 13.1.